The fourth-order valence-corrected chi connectivity index (χ4v) is 2.63. The highest BCUT2D eigenvalue weighted by molar-refractivity contribution is 6.03. The predicted molar refractivity (Wildman–Crippen MR) is 95.7 cm³/mol. The number of unbranched alkanes of at least 4 members (excludes halogenated alkanes) is 1. The van der Waals surface area contributed by atoms with Crippen molar-refractivity contribution < 1.29 is 9.21 Å². The van der Waals surface area contributed by atoms with E-state index in [-0.39, 0.29) is 5.91 Å². The lowest BCUT2D eigenvalue weighted by atomic mass is 10.1. The minimum Gasteiger partial charge on any atom is -0.460 e. The fraction of sp³-hybridized carbons (Fsp3) is 0.263. The molecule has 1 N–H and O–H groups in total. The van der Waals surface area contributed by atoms with Crippen molar-refractivity contribution >= 4 is 28.8 Å². The number of nitrogens with zero attached hydrogens (tertiary/aromatic N) is 2. The van der Waals surface area contributed by atoms with E-state index in [2.05, 4.69) is 17.3 Å². The molecule has 0 bridgehead atoms. The Morgan fingerprint density at radius 3 is 2.92 bits per heavy atom. The number of benzene rings is 1. The van der Waals surface area contributed by atoms with Crippen LogP contribution in [0.2, 0.25) is 0 Å². The van der Waals surface area contributed by atoms with E-state index in [4.69, 9.17) is 4.42 Å². The first-order valence-electron chi connectivity index (χ1n) is 8.16. The molecule has 1 aromatic carbocycles. The third kappa shape index (κ3) is 3.56. The van der Waals surface area contributed by atoms with Crippen molar-refractivity contribution in [3.63, 3.8) is 0 Å². The summed E-state index contributed by atoms with van der Waals surface area (Å²) in [5, 5.41) is 7.92. The van der Waals surface area contributed by atoms with Crippen LogP contribution < -0.4 is 5.32 Å². The Balaban J connectivity index is 1.83. The van der Waals surface area contributed by atoms with Gasteiger partial charge in [0, 0.05) is 42.8 Å². The molecule has 3 rings (SSSR count). The molecule has 0 fully saturated rings. The summed E-state index contributed by atoms with van der Waals surface area (Å²) in [7, 11) is 1.81. The first kappa shape index (κ1) is 16.1. The van der Waals surface area contributed by atoms with Crippen LogP contribution in [0.25, 0.3) is 17.0 Å². The Morgan fingerprint density at radius 1 is 1.33 bits per heavy atom. The summed E-state index contributed by atoms with van der Waals surface area (Å²) >= 11 is 0. The van der Waals surface area contributed by atoms with Crippen LogP contribution in [-0.2, 0) is 18.3 Å². The second-order valence-electron chi connectivity index (χ2n) is 5.74. The summed E-state index contributed by atoms with van der Waals surface area (Å²) < 4.78 is 7.60. The van der Waals surface area contributed by atoms with E-state index in [1.165, 1.54) is 6.08 Å². The highest BCUT2D eigenvalue weighted by Crippen LogP contribution is 2.28. The minimum absolute atomic E-state index is 0.208. The van der Waals surface area contributed by atoms with Crippen LogP contribution in [0.3, 0.4) is 0 Å². The lowest BCUT2D eigenvalue weighted by Crippen LogP contribution is -2.08. The van der Waals surface area contributed by atoms with E-state index >= 15 is 0 Å². The number of nitrogens with one attached hydrogen (secondary N) is 1. The molecule has 0 saturated heterocycles. The molecule has 0 atom stereocenters. The van der Waals surface area contributed by atoms with Gasteiger partial charge in [-0.05, 0) is 18.6 Å². The van der Waals surface area contributed by atoms with Crippen LogP contribution in [-0.4, -0.2) is 15.7 Å². The van der Waals surface area contributed by atoms with Gasteiger partial charge in [0.05, 0.1) is 0 Å². The molecule has 2 heterocycles. The van der Waals surface area contributed by atoms with Gasteiger partial charge in [0.15, 0.2) is 5.82 Å². The van der Waals surface area contributed by atoms with Crippen LogP contribution in [0, 0.1) is 0 Å². The molecule has 0 unspecified atom stereocenters. The molecule has 3 aromatic rings. The van der Waals surface area contributed by atoms with Crippen molar-refractivity contribution in [3.8, 4) is 0 Å². The molecule has 0 radical (unpaired) electrons. The Bertz CT molecular complexity index is 874. The highest BCUT2D eigenvalue weighted by Gasteiger charge is 2.11. The number of carbonyl (C=O) groups excluding carboxylic acids is 1. The minimum atomic E-state index is -0.208. The van der Waals surface area contributed by atoms with E-state index in [0.29, 0.717) is 5.82 Å². The third-order valence-electron chi connectivity index (χ3n) is 3.83. The first-order valence-corrected chi connectivity index (χ1v) is 8.16. The average Bonchev–Trinajstić information content (AvgIpc) is 3.14. The summed E-state index contributed by atoms with van der Waals surface area (Å²) in [6, 6.07) is 9.66. The zero-order chi connectivity index (χ0) is 16.9. The second kappa shape index (κ2) is 7.17. The van der Waals surface area contributed by atoms with Crippen molar-refractivity contribution in [2.45, 2.75) is 26.2 Å². The van der Waals surface area contributed by atoms with Crippen molar-refractivity contribution in [3.05, 3.63) is 53.9 Å². The smallest absolute Gasteiger partial charge is 0.249 e. The van der Waals surface area contributed by atoms with E-state index in [0.717, 1.165) is 41.6 Å². The number of furan rings is 1. The number of hydrogen-bond acceptors (Lipinski definition) is 3. The van der Waals surface area contributed by atoms with Gasteiger partial charge in [0.1, 0.15) is 11.3 Å². The number of aryl methyl sites for hydroxylation is 2. The number of rotatable bonds is 6. The van der Waals surface area contributed by atoms with Gasteiger partial charge < -0.3 is 9.73 Å². The Labute approximate surface area is 141 Å². The van der Waals surface area contributed by atoms with Gasteiger partial charge in [-0.1, -0.05) is 31.5 Å². The molecule has 0 aliphatic rings. The molecule has 124 valence electrons. The Hall–Kier alpha value is -2.82. The topological polar surface area (TPSA) is 60.1 Å². The highest BCUT2D eigenvalue weighted by atomic mass is 16.3. The standard InChI is InChI=1S/C19H21N3O2/c1-3-4-8-16-15(14-7-5-6-9-17(14)24-16)10-11-19(23)20-18-12-13-22(2)21-18/h5-7,9-13H,3-4,8H2,1-2H3,(H,20,21,23)/b11-10+. The van der Waals surface area contributed by atoms with Crippen LogP contribution in [0.1, 0.15) is 31.1 Å². The van der Waals surface area contributed by atoms with Crippen LogP contribution >= 0.6 is 0 Å². The lowest BCUT2D eigenvalue weighted by molar-refractivity contribution is -0.111. The first-order chi connectivity index (χ1) is 11.7. The fourth-order valence-electron chi connectivity index (χ4n) is 2.63. The van der Waals surface area contributed by atoms with Crippen LogP contribution in [0.15, 0.2) is 47.0 Å². The van der Waals surface area contributed by atoms with E-state index in [9.17, 15) is 4.79 Å². The summed E-state index contributed by atoms with van der Waals surface area (Å²) in [6.07, 6.45) is 8.16. The SMILES string of the molecule is CCCCc1oc2ccccc2c1/C=C/C(=O)Nc1ccn(C)n1. The normalized spacial score (nSPS) is 11.4. The van der Waals surface area contributed by atoms with Crippen molar-refractivity contribution in [1.82, 2.24) is 9.78 Å². The zero-order valence-electron chi connectivity index (χ0n) is 14.0. The number of fused-ring (bicyclic) bond motifs is 1. The van der Waals surface area contributed by atoms with Crippen LogP contribution in [0.4, 0.5) is 5.82 Å². The van der Waals surface area contributed by atoms with Crippen molar-refractivity contribution in [2.24, 2.45) is 7.05 Å². The van der Waals surface area contributed by atoms with Gasteiger partial charge in [-0.2, -0.15) is 5.10 Å². The number of carbonyl (C=O) groups is 1. The molecule has 24 heavy (non-hydrogen) atoms. The van der Waals surface area contributed by atoms with E-state index in [1.54, 1.807) is 16.9 Å². The predicted octanol–water partition coefficient (Wildman–Crippen LogP) is 4.16. The number of anilines is 1. The summed E-state index contributed by atoms with van der Waals surface area (Å²) in [4.78, 5) is 12.1. The molecule has 2 aromatic heterocycles. The summed E-state index contributed by atoms with van der Waals surface area (Å²) in [6.45, 7) is 2.15. The van der Waals surface area contributed by atoms with Gasteiger partial charge in [-0.3, -0.25) is 9.48 Å². The maximum atomic E-state index is 12.1. The summed E-state index contributed by atoms with van der Waals surface area (Å²) in [5.74, 6) is 1.26. The quantitative estimate of drug-likeness (QED) is 0.693. The van der Waals surface area contributed by atoms with Gasteiger partial charge in [0.25, 0.3) is 0 Å². The molecule has 0 aliphatic carbocycles. The molecule has 0 aliphatic heterocycles. The molecule has 0 saturated carbocycles. The monoisotopic (exact) mass is 323 g/mol. The summed E-state index contributed by atoms with van der Waals surface area (Å²) in [5.41, 5.74) is 1.84. The van der Waals surface area contributed by atoms with E-state index < -0.39 is 0 Å². The van der Waals surface area contributed by atoms with Gasteiger partial charge in [0.2, 0.25) is 5.91 Å². The number of para-hydroxylation sites is 1. The molecule has 5 nitrogen and oxygen atoms in total. The second-order valence-corrected chi connectivity index (χ2v) is 5.74. The van der Waals surface area contributed by atoms with Gasteiger partial charge in [-0.25, -0.2) is 0 Å². The van der Waals surface area contributed by atoms with Gasteiger partial charge >= 0.3 is 0 Å². The molecule has 0 spiro atoms. The Morgan fingerprint density at radius 2 is 2.17 bits per heavy atom. The molecule has 5 heteroatoms. The van der Waals surface area contributed by atoms with E-state index in [1.807, 2.05) is 37.4 Å². The van der Waals surface area contributed by atoms with Gasteiger partial charge in [-0.15, -0.1) is 0 Å². The largest absolute Gasteiger partial charge is 0.460 e. The van der Waals surface area contributed by atoms with Crippen molar-refractivity contribution in [2.75, 3.05) is 5.32 Å². The average molecular weight is 323 g/mol. The van der Waals surface area contributed by atoms with Crippen molar-refractivity contribution in [1.29, 1.82) is 0 Å². The molecule has 1 amide bonds. The number of aromatic nitrogens is 2. The number of amides is 1. The zero-order valence-corrected chi connectivity index (χ0v) is 14.0. The lowest BCUT2D eigenvalue weighted by Gasteiger charge is -1.98. The Kier molecular flexibility index (Phi) is 4.79. The maximum absolute atomic E-state index is 12.1. The number of hydrogen-bond donors (Lipinski definition) is 1. The maximum Gasteiger partial charge on any atom is 0.249 e. The van der Waals surface area contributed by atoms with Crippen LogP contribution in [0.5, 0.6) is 0 Å². The molecular formula is C19H21N3O2. The third-order valence-corrected chi connectivity index (χ3v) is 3.83. The molecular weight excluding hydrogens is 302 g/mol.